The zero-order valence-corrected chi connectivity index (χ0v) is 18.2. The molecule has 0 fully saturated rings. The van der Waals surface area contributed by atoms with Gasteiger partial charge in [-0.25, -0.2) is 0 Å². The van der Waals surface area contributed by atoms with Crippen LogP contribution < -0.4 is 10.4 Å². The van der Waals surface area contributed by atoms with Crippen LogP contribution in [0.3, 0.4) is 0 Å². The molecule has 1 rings (SSSR count). The minimum absolute atomic E-state index is 1.22. The van der Waals surface area contributed by atoms with Gasteiger partial charge in [0.1, 0.15) is 0 Å². The van der Waals surface area contributed by atoms with Crippen molar-refractivity contribution in [3.63, 3.8) is 0 Å². The Morgan fingerprint density at radius 2 is 1.11 bits per heavy atom. The van der Waals surface area contributed by atoms with Crippen LogP contribution in [0.25, 0.3) is 0 Å². The molecule has 0 amide bonds. The van der Waals surface area contributed by atoms with Crippen LogP contribution in [0.2, 0.25) is 24.2 Å². The van der Waals surface area contributed by atoms with E-state index in [0.717, 1.165) is 0 Å². The van der Waals surface area contributed by atoms with Gasteiger partial charge in [0, 0.05) is 0 Å². The maximum absolute atomic E-state index is 2.79. The van der Waals surface area contributed by atoms with Crippen molar-refractivity contribution >= 4 is 65.1 Å². The molecule has 0 aliphatic carbocycles. The van der Waals surface area contributed by atoms with Crippen molar-refractivity contribution in [2.75, 3.05) is 0 Å². The highest BCUT2D eigenvalue weighted by molar-refractivity contribution is 14.1. The molecule has 0 nitrogen and oxygen atoms in total. The Hall–Kier alpha value is 1.11. The first-order valence-corrected chi connectivity index (χ1v) is 18.0. The Morgan fingerprint density at radius 3 is 1.39 bits per heavy atom. The molecule has 4 heteroatoms. The molecule has 18 heavy (non-hydrogen) atoms. The minimum Gasteiger partial charge on any atom is -0.113 e. The summed E-state index contributed by atoms with van der Waals surface area (Å²) in [6.45, 7) is 9.46. The topological polar surface area (TPSA) is 0 Å². The summed E-state index contributed by atoms with van der Waals surface area (Å²) in [6, 6.07) is 15.0. The summed E-state index contributed by atoms with van der Waals surface area (Å²) < 4.78 is 0. The molecule has 0 aliphatic rings. The Bertz CT molecular complexity index is 352. The maximum atomic E-state index is 2.79. The van der Waals surface area contributed by atoms with Crippen molar-refractivity contribution in [3.8, 4) is 0 Å². The van der Waals surface area contributed by atoms with Gasteiger partial charge in [-0.3, -0.25) is 0 Å². The molecule has 0 N–H and O–H groups in total. The number of rotatable bonds is 6. The van der Waals surface area contributed by atoms with E-state index in [-0.39, 0.29) is 0 Å². The van der Waals surface area contributed by atoms with Gasteiger partial charge in [0.15, 0.2) is 11.1 Å². The molecule has 0 saturated heterocycles. The number of halogens is 2. The summed E-state index contributed by atoms with van der Waals surface area (Å²) in [4.78, 5) is 0. The first-order valence-electron chi connectivity index (χ1n) is 6.94. The molecular formula is C14H24I2Si2. The lowest BCUT2D eigenvalue weighted by Crippen LogP contribution is -2.46. The summed E-state index contributed by atoms with van der Waals surface area (Å²) in [7, 11) is 0. The van der Waals surface area contributed by atoms with Crippen molar-refractivity contribution < 1.29 is 0 Å². The third-order valence-corrected chi connectivity index (χ3v) is 24.2. The molecule has 102 valence electrons. The van der Waals surface area contributed by atoms with Crippen LogP contribution in [0.5, 0.6) is 0 Å². The quantitative estimate of drug-likeness (QED) is 0.294. The Labute approximate surface area is 140 Å². The normalized spacial score (nSPS) is 12.8. The molecular weight excluding hydrogens is 478 g/mol. The van der Waals surface area contributed by atoms with Gasteiger partial charge >= 0.3 is 0 Å². The fourth-order valence-electron chi connectivity index (χ4n) is 2.39. The van der Waals surface area contributed by atoms with Crippen LogP contribution in [0.15, 0.2) is 24.3 Å². The second kappa shape index (κ2) is 7.22. The lowest BCUT2D eigenvalue weighted by atomic mass is 10.4. The average Bonchev–Trinajstić information content (AvgIpc) is 2.45. The zero-order valence-electron chi connectivity index (χ0n) is 11.9. The zero-order chi connectivity index (χ0) is 13.8. The summed E-state index contributed by atoms with van der Waals surface area (Å²) >= 11 is 5.58. The second-order valence-corrected chi connectivity index (χ2v) is 25.2. The molecule has 0 unspecified atom stereocenters. The molecule has 0 radical (unpaired) electrons. The highest BCUT2D eigenvalue weighted by Gasteiger charge is 2.32. The molecule has 1 aromatic rings. The van der Waals surface area contributed by atoms with Gasteiger partial charge in [-0.15, -0.1) is 43.6 Å². The number of benzene rings is 1. The van der Waals surface area contributed by atoms with Crippen LogP contribution in [0.1, 0.15) is 27.7 Å². The van der Waals surface area contributed by atoms with Crippen LogP contribution in [-0.4, -0.2) is 11.1 Å². The lowest BCUT2D eigenvalue weighted by molar-refractivity contribution is 1.32. The van der Waals surface area contributed by atoms with E-state index in [1.165, 1.54) is 24.2 Å². The summed E-state index contributed by atoms with van der Waals surface area (Å²) in [6.07, 6.45) is 0. The first-order chi connectivity index (χ1) is 8.45. The van der Waals surface area contributed by atoms with Crippen LogP contribution in [0.4, 0.5) is 0 Å². The van der Waals surface area contributed by atoms with Gasteiger partial charge < -0.3 is 0 Å². The van der Waals surface area contributed by atoms with Gasteiger partial charge in [0.25, 0.3) is 0 Å². The third kappa shape index (κ3) is 3.60. The lowest BCUT2D eigenvalue weighted by Gasteiger charge is -2.27. The van der Waals surface area contributed by atoms with E-state index in [2.05, 4.69) is 95.6 Å². The van der Waals surface area contributed by atoms with Gasteiger partial charge in [-0.1, -0.05) is 52.0 Å². The Balaban J connectivity index is 3.21. The van der Waals surface area contributed by atoms with E-state index >= 15 is 0 Å². The van der Waals surface area contributed by atoms with Gasteiger partial charge in [-0.05, 0) is 34.5 Å². The SMILES string of the molecule is CC[Si](I)(CC)c1cccc([Si](I)(CC)CC)c1. The van der Waals surface area contributed by atoms with E-state index in [4.69, 9.17) is 0 Å². The third-order valence-electron chi connectivity index (χ3n) is 4.14. The van der Waals surface area contributed by atoms with E-state index < -0.39 is 11.1 Å². The Kier molecular flexibility index (Phi) is 6.88. The van der Waals surface area contributed by atoms with Gasteiger partial charge in [0.05, 0.1) is 0 Å². The molecule has 0 spiro atoms. The van der Waals surface area contributed by atoms with Gasteiger partial charge in [-0.2, -0.15) is 0 Å². The standard InChI is InChI=1S/C14H24I2Si2/c1-5-17(15,6-2)13-10-9-11-14(12-13)18(16,7-3)8-4/h9-12H,5-8H2,1-4H3. The Morgan fingerprint density at radius 1 is 0.778 bits per heavy atom. The van der Waals surface area contributed by atoms with Crippen molar-refractivity contribution in [3.05, 3.63) is 24.3 Å². The highest BCUT2D eigenvalue weighted by atomic mass is 127. The summed E-state index contributed by atoms with van der Waals surface area (Å²) in [5.74, 6) is 0. The van der Waals surface area contributed by atoms with Crippen LogP contribution in [0, 0.1) is 0 Å². The summed E-state index contributed by atoms with van der Waals surface area (Å²) in [5.41, 5.74) is -2.44. The van der Waals surface area contributed by atoms with Crippen molar-refractivity contribution in [2.24, 2.45) is 0 Å². The first kappa shape index (κ1) is 17.2. The fourth-order valence-corrected chi connectivity index (χ4v) is 8.80. The van der Waals surface area contributed by atoms with Crippen molar-refractivity contribution in [1.82, 2.24) is 0 Å². The van der Waals surface area contributed by atoms with Gasteiger partial charge in [0.2, 0.25) is 0 Å². The average molecular weight is 502 g/mol. The molecule has 0 heterocycles. The molecule has 0 aliphatic heterocycles. The molecule has 0 saturated carbocycles. The molecule has 0 bridgehead atoms. The predicted octanol–water partition coefficient (Wildman–Crippen LogP) is 4.94. The van der Waals surface area contributed by atoms with E-state index in [1.54, 1.807) is 10.4 Å². The van der Waals surface area contributed by atoms with Crippen LogP contribution in [-0.2, 0) is 0 Å². The van der Waals surface area contributed by atoms with E-state index in [0.29, 0.717) is 0 Å². The monoisotopic (exact) mass is 502 g/mol. The van der Waals surface area contributed by atoms with Crippen molar-refractivity contribution in [1.29, 1.82) is 0 Å². The largest absolute Gasteiger partial charge is 0.155 e. The molecule has 1 aromatic carbocycles. The van der Waals surface area contributed by atoms with E-state index in [9.17, 15) is 0 Å². The second-order valence-electron chi connectivity index (χ2n) is 4.93. The van der Waals surface area contributed by atoms with Crippen LogP contribution >= 0.6 is 43.6 Å². The predicted molar refractivity (Wildman–Crippen MR) is 107 cm³/mol. The highest BCUT2D eigenvalue weighted by Crippen LogP contribution is 2.25. The van der Waals surface area contributed by atoms with Crippen molar-refractivity contribution in [2.45, 2.75) is 51.9 Å². The minimum atomic E-state index is -1.22. The number of hydrogen-bond donors (Lipinski definition) is 0. The molecule has 0 aromatic heterocycles. The van der Waals surface area contributed by atoms with E-state index in [1.807, 2.05) is 0 Å². The number of hydrogen-bond acceptors (Lipinski definition) is 0. The fraction of sp³-hybridized carbons (Fsp3) is 0.571. The molecule has 0 atom stereocenters. The summed E-state index contributed by atoms with van der Waals surface area (Å²) in [5, 5.41) is 3.34. The smallest absolute Gasteiger partial charge is 0.113 e. The maximum Gasteiger partial charge on any atom is 0.155 e.